The smallest absolute Gasteiger partial charge is 0.258 e. The van der Waals surface area contributed by atoms with Crippen LogP contribution in [0.3, 0.4) is 0 Å². The van der Waals surface area contributed by atoms with Gasteiger partial charge in [0, 0.05) is 19.5 Å². The van der Waals surface area contributed by atoms with Gasteiger partial charge in [0.2, 0.25) is 5.88 Å². The van der Waals surface area contributed by atoms with Gasteiger partial charge in [-0.1, -0.05) is 12.2 Å². The zero-order valence-electron chi connectivity index (χ0n) is 9.19. The molecule has 0 aliphatic carbocycles. The van der Waals surface area contributed by atoms with Gasteiger partial charge in [0.05, 0.1) is 17.8 Å². The second-order valence-corrected chi connectivity index (χ2v) is 3.39. The minimum Gasteiger partial charge on any atom is -0.476 e. The van der Waals surface area contributed by atoms with Crippen LogP contribution in [0, 0.1) is 0 Å². The highest BCUT2D eigenvalue weighted by atomic mass is 32.1. The number of nitrogens with zero attached hydrogens (tertiary/aromatic N) is 1. The SMILES string of the molecule is CN1CCOc2[nH]c(=O)c(C=S)cc21.CO. The average Bonchev–Trinajstić information content (AvgIpc) is 2.31. The van der Waals surface area contributed by atoms with E-state index in [1.54, 1.807) is 6.07 Å². The van der Waals surface area contributed by atoms with E-state index in [0.717, 1.165) is 19.3 Å². The first-order valence-corrected chi connectivity index (χ1v) is 5.20. The monoisotopic (exact) mass is 242 g/mol. The summed E-state index contributed by atoms with van der Waals surface area (Å²) < 4.78 is 5.33. The zero-order chi connectivity index (χ0) is 12.1. The number of fused-ring (bicyclic) bond motifs is 1. The standard InChI is InChI=1S/C9H10N2O2S.CH4O/c1-11-2-3-13-9-7(11)4-6(5-14)8(12)10-9;1-2/h4-5H,2-3H2,1H3,(H,10,12);2H,1H3. The first-order chi connectivity index (χ1) is 7.72. The van der Waals surface area contributed by atoms with Gasteiger partial charge in [-0.25, -0.2) is 0 Å². The van der Waals surface area contributed by atoms with Crippen molar-refractivity contribution in [2.75, 3.05) is 32.2 Å². The van der Waals surface area contributed by atoms with E-state index in [9.17, 15) is 4.79 Å². The third-order valence-electron chi connectivity index (χ3n) is 2.23. The van der Waals surface area contributed by atoms with Crippen LogP contribution in [0.5, 0.6) is 5.88 Å². The van der Waals surface area contributed by atoms with Crippen molar-refractivity contribution in [3.63, 3.8) is 0 Å². The highest BCUT2D eigenvalue weighted by molar-refractivity contribution is 7.79. The molecule has 0 radical (unpaired) electrons. The van der Waals surface area contributed by atoms with Crippen molar-refractivity contribution in [2.45, 2.75) is 0 Å². The lowest BCUT2D eigenvalue weighted by Gasteiger charge is -2.26. The molecule has 0 fully saturated rings. The van der Waals surface area contributed by atoms with E-state index >= 15 is 0 Å². The van der Waals surface area contributed by atoms with Crippen LogP contribution in [0.4, 0.5) is 5.69 Å². The summed E-state index contributed by atoms with van der Waals surface area (Å²) in [6, 6.07) is 1.75. The largest absolute Gasteiger partial charge is 0.476 e. The van der Waals surface area contributed by atoms with Crippen LogP contribution in [0.1, 0.15) is 5.56 Å². The van der Waals surface area contributed by atoms with E-state index in [-0.39, 0.29) is 5.56 Å². The van der Waals surface area contributed by atoms with E-state index in [1.165, 1.54) is 5.37 Å². The Labute approximate surface area is 98.7 Å². The predicted octanol–water partition coefficient (Wildman–Crippen LogP) is 0.160. The molecule has 0 bridgehead atoms. The molecule has 0 amide bonds. The van der Waals surface area contributed by atoms with Crippen LogP contribution in [0.15, 0.2) is 10.9 Å². The molecule has 2 heterocycles. The Morgan fingerprint density at radius 2 is 2.31 bits per heavy atom. The summed E-state index contributed by atoms with van der Waals surface area (Å²) in [6.45, 7) is 1.41. The molecular weight excluding hydrogens is 228 g/mol. The van der Waals surface area contributed by atoms with Crippen molar-refractivity contribution < 1.29 is 9.84 Å². The fourth-order valence-electron chi connectivity index (χ4n) is 1.40. The number of anilines is 1. The van der Waals surface area contributed by atoms with Crippen LogP contribution in [0.25, 0.3) is 0 Å². The van der Waals surface area contributed by atoms with E-state index < -0.39 is 0 Å². The topological polar surface area (TPSA) is 65.6 Å². The molecule has 16 heavy (non-hydrogen) atoms. The van der Waals surface area contributed by atoms with Crippen LogP contribution < -0.4 is 15.2 Å². The summed E-state index contributed by atoms with van der Waals surface area (Å²) in [4.78, 5) is 16.1. The number of aromatic amines is 1. The molecule has 6 heteroatoms. The Bertz CT molecular complexity index is 431. The summed E-state index contributed by atoms with van der Waals surface area (Å²) in [6.07, 6.45) is 0. The van der Waals surface area contributed by atoms with Gasteiger partial charge in [0.1, 0.15) is 6.61 Å². The van der Waals surface area contributed by atoms with Gasteiger partial charge in [-0.2, -0.15) is 0 Å². The highest BCUT2D eigenvalue weighted by Crippen LogP contribution is 2.26. The van der Waals surface area contributed by atoms with Crippen molar-refractivity contribution in [1.82, 2.24) is 4.98 Å². The number of hydrogen-bond donors (Lipinski definition) is 2. The maximum atomic E-state index is 11.4. The van der Waals surface area contributed by atoms with E-state index in [0.29, 0.717) is 18.1 Å². The van der Waals surface area contributed by atoms with E-state index in [1.807, 2.05) is 11.9 Å². The van der Waals surface area contributed by atoms with Crippen LogP contribution >= 0.6 is 12.2 Å². The third-order valence-corrected chi connectivity index (χ3v) is 2.48. The number of H-pyrrole nitrogens is 1. The van der Waals surface area contributed by atoms with Gasteiger partial charge in [-0.15, -0.1) is 0 Å². The Balaban J connectivity index is 0.000000606. The molecule has 0 saturated carbocycles. The lowest BCUT2D eigenvalue weighted by molar-refractivity contribution is 0.298. The number of thiocarbonyl (C=S) groups is 1. The molecule has 0 atom stereocenters. The molecule has 0 saturated heterocycles. The number of hydrogen-bond acceptors (Lipinski definition) is 5. The molecule has 0 aromatic carbocycles. The fraction of sp³-hybridized carbons (Fsp3) is 0.400. The Morgan fingerprint density at radius 3 is 2.94 bits per heavy atom. The summed E-state index contributed by atoms with van der Waals surface area (Å²) >= 11 is 4.75. The van der Waals surface area contributed by atoms with Crippen molar-refractivity contribution in [2.24, 2.45) is 0 Å². The summed E-state index contributed by atoms with van der Waals surface area (Å²) in [7, 11) is 2.95. The number of aromatic nitrogens is 1. The molecule has 0 spiro atoms. The summed E-state index contributed by atoms with van der Waals surface area (Å²) in [5, 5.41) is 8.38. The fourth-order valence-corrected chi connectivity index (χ4v) is 1.58. The summed E-state index contributed by atoms with van der Waals surface area (Å²) in [5.74, 6) is 0.532. The molecule has 0 unspecified atom stereocenters. The number of rotatable bonds is 1. The van der Waals surface area contributed by atoms with Gasteiger partial charge in [0.15, 0.2) is 0 Å². The second kappa shape index (κ2) is 5.62. The van der Waals surface area contributed by atoms with Gasteiger partial charge in [0.25, 0.3) is 5.56 Å². The first kappa shape index (κ1) is 12.7. The quantitative estimate of drug-likeness (QED) is 0.687. The highest BCUT2D eigenvalue weighted by Gasteiger charge is 2.16. The minimum atomic E-state index is -0.200. The first-order valence-electron chi connectivity index (χ1n) is 4.73. The van der Waals surface area contributed by atoms with Gasteiger partial charge >= 0.3 is 0 Å². The van der Waals surface area contributed by atoms with Gasteiger partial charge in [-0.05, 0) is 6.07 Å². The van der Waals surface area contributed by atoms with Crippen LogP contribution in [-0.4, -0.2) is 42.8 Å². The molecule has 1 aliphatic heterocycles. The maximum Gasteiger partial charge on any atom is 0.258 e. The van der Waals surface area contributed by atoms with Gasteiger partial charge < -0.3 is 14.7 Å². The minimum absolute atomic E-state index is 0.200. The average molecular weight is 242 g/mol. The molecule has 88 valence electrons. The molecule has 2 N–H and O–H groups in total. The number of likely N-dealkylation sites (N-methyl/N-ethyl adjacent to an activating group) is 1. The second-order valence-electron chi connectivity index (χ2n) is 3.16. The lowest BCUT2D eigenvalue weighted by atomic mass is 10.2. The molecule has 5 nitrogen and oxygen atoms in total. The molecule has 1 aromatic rings. The van der Waals surface area contributed by atoms with E-state index in [4.69, 9.17) is 22.1 Å². The normalized spacial score (nSPS) is 13.1. The van der Waals surface area contributed by atoms with Crippen LogP contribution in [0.2, 0.25) is 0 Å². The summed E-state index contributed by atoms with van der Waals surface area (Å²) in [5.41, 5.74) is 1.18. The number of nitrogens with one attached hydrogen (secondary N) is 1. The molecular formula is C10H14N2O3S. The van der Waals surface area contributed by atoms with Crippen molar-refractivity contribution >= 4 is 23.3 Å². The number of aliphatic hydroxyl groups is 1. The van der Waals surface area contributed by atoms with Crippen LogP contribution in [-0.2, 0) is 0 Å². The Morgan fingerprint density at radius 1 is 1.62 bits per heavy atom. The molecule has 1 aromatic heterocycles. The Hall–Kier alpha value is -1.40. The van der Waals surface area contributed by atoms with E-state index in [2.05, 4.69) is 4.98 Å². The number of pyridine rings is 1. The Kier molecular flexibility index (Phi) is 4.45. The zero-order valence-corrected chi connectivity index (χ0v) is 10.0. The lowest BCUT2D eigenvalue weighted by Crippen LogP contribution is -2.31. The third kappa shape index (κ3) is 2.40. The molecule has 2 rings (SSSR count). The van der Waals surface area contributed by atoms with Crippen molar-refractivity contribution in [1.29, 1.82) is 0 Å². The number of ether oxygens (including phenoxy) is 1. The number of aliphatic hydroxyl groups excluding tert-OH is 1. The van der Waals surface area contributed by atoms with Crippen molar-refractivity contribution in [3.8, 4) is 5.88 Å². The van der Waals surface area contributed by atoms with Crippen molar-refractivity contribution in [3.05, 3.63) is 22.0 Å². The van der Waals surface area contributed by atoms with Gasteiger partial charge in [-0.3, -0.25) is 9.78 Å². The predicted molar refractivity (Wildman–Crippen MR) is 66.7 cm³/mol. The maximum absolute atomic E-state index is 11.4. The molecule has 1 aliphatic rings.